The lowest BCUT2D eigenvalue weighted by molar-refractivity contribution is -0.141. The van der Waals surface area contributed by atoms with Crippen molar-refractivity contribution in [3.8, 4) is 5.75 Å². The fourth-order valence-electron chi connectivity index (χ4n) is 4.96. The summed E-state index contributed by atoms with van der Waals surface area (Å²) in [6, 6.07) is 10.6. The summed E-state index contributed by atoms with van der Waals surface area (Å²) < 4.78 is 33.7. The summed E-state index contributed by atoms with van der Waals surface area (Å²) in [6.45, 7) is 5.61. The van der Waals surface area contributed by atoms with E-state index in [9.17, 15) is 14.3 Å². The Kier molecular flexibility index (Phi) is 8.03. The largest absolute Gasteiger partial charge is 0.492 e. The Morgan fingerprint density at radius 2 is 2.09 bits per heavy atom. The molecule has 0 aliphatic carbocycles. The first-order chi connectivity index (χ1) is 16.9. The van der Waals surface area contributed by atoms with Crippen molar-refractivity contribution < 1.29 is 23.4 Å². The van der Waals surface area contributed by atoms with Crippen molar-refractivity contribution in [1.82, 2.24) is 15.2 Å². The first-order valence-corrected chi connectivity index (χ1v) is 12.2. The zero-order chi connectivity index (χ0) is 24.9. The van der Waals surface area contributed by atoms with Gasteiger partial charge in [-0.05, 0) is 55.6 Å². The third-order valence-electron chi connectivity index (χ3n) is 6.77. The van der Waals surface area contributed by atoms with Crippen LogP contribution in [0.15, 0.2) is 36.4 Å². The molecule has 0 amide bonds. The Balaban J connectivity index is 1.70. The van der Waals surface area contributed by atoms with E-state index in [1.165, 1.54) is 6.07 Å². The molecule has 0 spiro atoms. The number of carboxylic acids is 1. The molecule has 35 heavy (non-hydrogen) atoms. The van der Waals surface area contributed by atoms with Crippen LogP contribution < -0.4 is 10.1 Å². The maximum Gasteiger partial charge on any atom is 0.307 e. The maximum absolute atomic E-state index is 15.5. The minimum absolute atomic E-state index is 0.303. The van der Waals surface area contributed by atoms with Gasteiger partial charge in [0, 0.05) is 41.8 Å². The minimum atomic E-state index is -0.874. The van der Waals surface area contributed by atoms with Crippen molar-refractivity contribution in [2.24, 2.45) is 5.92 Å². The van der Waals surface area contributed by atoms with Crippen molar-refractivity contribution in [3.63, 3.8) is 0 Å². The molecule has 6 nitrogen and oxygen atoms in total. The third kappa shape index (κ3) is 5.33. The fourth-order valence-corrected chi connectivity index (χ4v) is 4.96. The number of fused-ring (bicyclic) bond motifs is 3. The van der Waals surface area contributed by atoms with Gasteiger partial charge in [0.2, 0.25) is 0 Å². The standard InChI is InChI=1S/C27H33F2N3O3/c1-17(27(33)34)16-32-14-10-20-19-6-3-4-7-22(19)31-25(20)26(32)24-18(2)23(9-8-21(24)29)35-15-13-30-12-5-11-28/h3-4,6-9,17,26,30-31H,5,10-16H2,1-2H3,(H,33,34). The minimum Gasteiger partial charge on any atom is -0.492 e. The van der Waals surface area contributed by atoms with E-state index in [0.717, 1.165) is 28.6 Å². The fraction of sp³-hybridized carbons (Fsp3) is 0.444. The highest BCUT2D eigenvalue weighted by atomic mass is 19.1. The summed E-state index contributed by atoms with van der Waals surface area (Å²) in [5.74, 6) is -1.23. The van der Waals surface area contributed by atoms with E-state index >= 15 is 4.39 Å². The SMILES string of the molecule is Cc1c(OCCNCCCF)ccc(F)c1C1c2[nH]c3ccccc3c2CCN1CC(C)C(=O)O. The Labute approximate surface area is 204 Å². The van der Waals surface area contributed by atoms with E-state index in [1.807, 2.05) is 25.1 Å². The summed E-state index contributed by atoms with van der Waals surface area (Å²) in [6.07, 6.45) is 1.21. The van der Waals surface area contributed by atoms with Gasteiger partial charge < -0.3 is 20.1 Å². The van der Waals surface area contributed by atoms with Crippen LogP contribution in [-0.2, 0) is 11.2 Å². The summed E-state index contributed by atoms with van der Waals surface area (Å²) >= 11 is 0. The van der Waals surface area contributed by atoms with Gasteiger partial charge in [-0.1, -0.05) is 25.1 Å². The number of carbonyl (C=O) groups is 1. The number of ether oxygens (including phenoxy) is 1. The number of carboxylic acid groups (broad SMARTS) is 1. The number of para-hydroxylation sites is 1. The molecule has 1 aromatic heterocycles. The molecule has 2 unspecified atom stereocenters. The molecular formula is C27H33F2N3O3. The van der Waals surface area contributed by atoms with Gasteiger partial charge in [0.05, 0.1) is 18.6 Å². The second kappa shape index (κ2) is 11.2. The molecule has 3 N–H and O–H groups in total. The first-order valence-electron chi connectivity index (χ1n) is 12.2. The van der Waals surface area contributed by atoms with Gasteiger partial charge in [-0.25, -0.2) is 4.39 Å². The number of alkyl halides is 1. The van der Waals surface area contributed by atoms with Gasteiger partial charge in [0.15, 0.2) is 0 Å². The topological polar surface area (TPSA) is 77.6 Å². The van der Waals surface area contributed by atoms with E-state index in [4.69, 9.17) is 4.74 Å². The average Bonchev–Trinajstić information content (AvgIpc) is 3.22. The molecule has 0 saturated carbocycles. The molecule has 1 aliphatic rings. The maximum atomic E-state index is 15.5. The third-order valence-corrected chi connectivity index (χ3v) is 6.77. The number of rotatable bonds is 11. The molecule has 2 heterocycles. The smallest absolute Gasteiger partial charge is 0.307 e. The monoisotopic (exact) mass is 485 g/mol. The average molecular weight is 486 g/mol. The van der Waals surface area contributed by atoms with Gasteiger partial charge in [0.1, 0.15) is 18.2 Å². The second-order valence-corrected chi connectivity index (χ2v) is 9.17. The molecule has 2 atom stereocenters. The van der Waals surface area contributed by atoms with Crippen LogP contribution >= 0.6 is 0 Å². The number of hydrogen-bond donors (Lipinski definition) is 3. The van der Waals surface area contributed by atoms with Crippen LogP contribution in [0.2, 0.25) is 0 Å². The molecule has 8 heteroatoms. The highest BCUT2D eigenvalue weighted by Gasteiger charge is 2.36. The first kappa shape index (κ1) is 25.1. The van der Waals surface area contributed by atoms with Crippen molar-refractivity contribution in [1.29, 1.82) is 0 Å². The van der Waals surface area contributed by atoms with Crippen molar-refractivity contribution in [2.75, 3.05) is 39.5 Å². The highest BCUT2D eigenvalue weighted by molar-refractivity contribution is 5.85. The Hall–Kier alpha value is -2.97. The molecule has 3 aromatic rings. The summed E-state index contributed by atoms with van der Waals surface area (Å²) in [5.41, 5.74) is 4.23. The number of H-pyrrole nitrogens is 1. The number of halogens is 2. The molecule has 188 valence electrons. The van der Waals surface area contributed by atoms with Crippen molar-refractivity contribution in [2.45, 2.75) is 32.7 Å². The zero-order valence-corrected chi connectivity index (χ0v) is 20.2. The molecule has 0 radical (unpaired) electrons. The molecule has 0 fully saturated rings. The van der Waals surface area contributed by atoms with Gasteiger partial charge in [-0.15, -0.1) is 0 Å². The molecular weight excluding hydrogens is 452 g/mol. The van der Waals surface area contributed by atoms with Gasteiger partial charge >= 0.3 is 5.97 Å². The van der Waals surface area contributed by atoms with E-state index < -0.39 is 17.9 Å². The second-order valence-electron chi connectivity index (χ2n) is 9.17. The number of nitrogens with one attached hydrogen (secondary N) is 2. The molecule has 4 rings (SSSR count). The normalized spacial score (nSPS) is 16.9. The van der Waals surface area contributed by atoms with Gasteiger partial charge in [0.25, 0.3) is 0 Å². The zero-order valence-electron chi connectivity index (χ0n) is 20.2. The van der Waals surface area contributed by atoms with Crippen LogP contribution in [0.4, 0.5) is 8.78 Å². The van der Waals surface area contributed by atoms with Crippen LogP contribution in [0.5, 0.6) is 5.75 Å². The lowest BCUT2D eigenvalue weighted by Crippen LogP contribution is -2.41. The van der Waals surface area contributed by atoms with Gasteiger partial charge in [-0.3, -0.25) is 14.1 Å². The van der Waals surface area contributed by atoms with E-state index in [0.29, 0.717) is 56.1 Å². The number of aliphatic carboxylic acids is 1. The molecule has 1 aliphatic heterocycles. The van der Waals surface area contributed by atoms with E-state index in [-0.39, 0.29) is 12.5 Å². The van der Waals surface area contributed by atoms with E-state index in [1.54, 1.807) is 13.0 Å². The Morgan fingerprint density at radius 3 is 2.86 bits per heavy atom. The highest BCUT2D eigenvalue weighted by Crippen LogP contribution is 2.42. The number of aromatic amines is 1. The van der Waals surface area contributed by atoms with Crippen molar-refractivity contribution >= 4 is 16.9 Å². The predicted molar refractivity (Wildman–Crippen MR) is 132 cm³/mol. The predicted octanol–water partition coefficient (Wildman–Crippen LogP) is 4.61. The Bertz CT molecular complexity index is 1180. The van der Waals surface area contributed by atoms with Crippen LogP contribution in [-0.4, -0.2) is 60.4 Å². The summed E-state index contributed by atoms with van der Waals surface area (Å²) in [4.78, 5) is 17.2. The summed E-state index contributed by atoms with van der Waals surface area (Å²) in [5, 5.41) is 13.8. The summed E-state index contributed by atoms with van der Waals surface area (Å²) in [7, 11) is 0. The number of hydrogen-bond acceptors (Lipinski definition) is 4. The lowest BCUT2D eigenvalue weighted by Gasteiger charge is -2.38. The molecule has 0 saturated heterocycles. The van der Waals surface area contributed by atoms with Gasteiger partial charge in [-0.2, -0.15) is 0 Å². The quantitative estimate of drug-likeness (QED) is 0.346. The number of benzene rings is 2. The van der Waals surface area contributed by atoms with E-state index in [2.05, 4.69) is 21.3 Å². The Morgan fingerprint density at radius 1 is 1.29 bits per heavy atom. The lowest BCUT2D eigenvalue weighted by atomic mass is 9.88. The number of nitrogens with zero attached hydrogens (tertiary/aromatic N) is 1. The van der Waals surface area contributed by atoms with Crippen LogP contribution in [0.3, 0.4) is 0 Å². The molecule has 0 bridgehead atoms. The van der Waals surface area contributed by atoms with Crippen LogP contribution in [0.1, 0.15) is 41.8 Å². The van der Waals surface area contributed by atoms with Crippen LogP contribution in [0.25, 0.3) is 10.9 Å². The van der Waals surface area contributed by atoms with Crippen LogP contribution in [0, 0.1) is 18.7 Å². The number of aromatic nitrogens is 1. The van der Waals surface area contributed by atoms with Crippen molar-refractivity contribution in [3.05, 3.63) is 64.6 Å². The molecule has 2 aromatic carbocycles.